The number of methoxy groups -OCH3 is 2. The SMILES string of the molecule is COC(=O)[C@@](C)(OC(=O)Nc1ccc(OC)cc1)C(C)(C)C. The summed E-state index contributed by atoms with van der Waals surface area (Å²) in [6, 6.07) is 6.76. The number of carbonyl (C=O) groups excluding carboxylic acids is 2. The normalized spacial score (nSPS) is 13.7. The predicted molar refractivity (Wildman–Crippen MR) is 83.0 cm³/mol. The number of rotatable bonds is 4. The number of esters is 1. The fraction of sp³-hybridized carbons (Fsp3) is 0.500. The Bertz CT molecular complexity index is 532. The Morgan fingerprint density at radius 1 is 1.00 bits per heavy atom. The van der Waals surface area contributed by atoms with Crippen LogP contribution in [-0.4, -0.2) is 31.9 Å². The quantitative estimate of drug-likeness (QED) is 0.864. The molecule has 1 aromatic carbocycles. The molecule has 1 rings (SSSR count). The van der Waals surface area contributed by atoms with Crippen molar-refractivity contribution in [3.63, 3.8) is 0 Å². The van der Waals surface area contributed by atoms with Crippen molar-refractivity contribution in [2.75, 3.05) is 19.5 Å². The van der Waals surface area contributed by atoms with E-state index in [-0.39, 0.29) is 0 Å². The van der Waals surface area contributed by atoms with Crippen LogP contribution < -0.4 is 10.1 Å². The number of ether oxygens (including phenoxy) is 3. The highest BCUT2D eigenvalue weighted by atomic mass is 16.6. The molecule has 122 valence electrons. The van der Waals surface area contributed by atoms with Gasteiger partial charge in [-0.3, -0.25) is 5.32 Å². The first-order valence-electron chi connectivity index (χ1n) is 6.86. The summed E-state index contributed by atoms with van der Waals surface area (Å²) >= 11 is 0. The number of amides is 1. The van der Waals surface area contributed by atoms with E-state index in [0.717, 1.165) is 0 Å². The number of nitrogens with one attached hydrogen (secondary N) is 1. The highest BCUT2D eigenvalue weighted by Crippen LogP contribution is 2.35. The summed E-state index contributed by atoms with van der Waals surface area (Å²) in [6.45, 7) is 6.92. The largest absolute Gasteiger partial charge is 0.497 e. The van der Waals surface area contributed by atoms with Crippen molar-refractivity contribution in [2.45, 2.75) is 33.3 Å². The van der Waals surface area contributed by atoms with E-state index in [9.17, 15) is 9.59 Å². The number of hydrogen-bond donors (Lipinski definition) is 1. The van der Waals surface area contributed by atoms with Gasteiger partial charge in [0.15, 0.2) is 0 Å². The third-order valence-electron chi connectivity index (χ3n) is 3.64. The van der Waals surface area contributed by atoms with E-state index in [0.29, 0.717) is 11.4 Å². The molecule has 0 radical (unpaired) electrons. The van der Waals surface area contributed by atoms with E-state index < -0.39 is 23.1 Å². The van der Waals surface area contributed by atoms with E-state index in [2.05, 4.69) is 5.32 Å². The Morgan fingerprint density at radius 2 is 1.55 bits per heavy atom. The second-order valence-electron chi connectivity index (χ2n) is 6.02. The zero-order valence-electron chi connectivity index (χ0n) is 13.9. The second kappa shape index (κ2) is 6.68. The summed E-state index contributed by atoms with van der Waals surface area (Å²) in [5.41, 5.74) is -1.50. The molecule has 0 heterocycles. The molecule has 1 amide bonds. The molecule has 22 heavy (non-hydrogen) atoms. The average molecular weight is 309 g/mol. The number of carbonyl (C=O) groups is 2. The van der Waals surface area contributed by atoms with Gasteiger partial charge in [-0.15, -0.1) is 0 Å². The van der Waals surface area contributed by atoms with Crippen LogP contribution in [0.2, 0.25) is 0 Å². The highest BCUT2D eigenvalue weighted by molar-refractivity contribution is 5.89. The lowest BCUT2D eigenvalue weighted by atomic mass is 9.77. The lowest BCUT2D eigenvalue weighted by molar-refractivity contribution is -0.171. The Morgan fingerprint density at radius 3 is 1.95 bits per heavy atom. The molecule has 6 nitrogen and oxygen atoms in total. The fourth-order valence-electron chi connectivity index (χ4n) is 1.70. The maximum absolute atomic E-state index is 12.1. The van der Waals surface area contributed by atoms with Gasteiger partial charge < -0.3 is 14.2 Å². The first-order valence-corrected chi connectivity index (χ1v) is 6.86. The standard InChI is InChI=1S/C16H23NO5/c1-15(2,3)16(4,13(18)21-6)22-14(19)17-11-7-9-12(20-5)10-8-11/h7-10H,1-6H3,(H,17,19)/t16-/m1/s1. The molecular weight excluding hydrogens is 286 g/mol. The van der Waals surface area contributed by atoms with Gasteiger partial charge in [-0.1, -0.05) is 20.8 Å². The zero-order chi connectivity index (χ0) is 17.0. The van der Waals surface area contributed by atoms with Crippen molar-refractivity contribution in [3.8, 4) is 5.75 Å². The van der Waals surface area contributed by atoms with Crippen LogP contribution in [0.3, 0.4) is 0 Å². The van der Waals surface area contributed by atoms with Crippen LogP contribution in [-0.2, 0) is 14.3 Å². The molecule has 0 spiro atoms. The second-order valence-corrected chi connectivity index (χ2v) is 6.02. The van der Waals surface area contributed by atoms with Gasteiger partial charge in [0.2, 0.25) is 5.60 Å². The van der Waals surface area contributed by atoms with Crippen molar-refractivity contribution >= 4 is 17.7 Å². The molecule has 0 saturated heterocycles. The Kier molecular flexibility index (Phi) is 5.41. The van der Waals surface area contributed by atoms with Crippen LogP contribution in [0.1, 0.15) is 27.7 Å². The van der Waals surface area contributed by atoms with E-state index in [1.165, 1.54) is 14.0 Å². The van der Waals surface area contributed by atoms with Crippen LogP contribution in [0.25, 0.3) is 0 Å². The van der Waals surface area contributed by atoms with Gasteiger partial charge in [0.25, 0.3) is 0 Å². The van der Waals surface area contributed by atoms with E-state index in [1.54, 1.807) is 52.1 Å². The van der Waals surface area contributed by atoms with E-state index in [1.807, 2.05) is 0 Å². The average Bonchev–Trinajstić information content (AvgIpc) is 2.45. The lowest BCUT2D eigenvalue weighted by Gasteiger charge is -2.37. The maximum Gasteiger partial charge on any atom is 0.412 e. The molecule has 0 aliphatic carbocycles. The van der Waals surface area contributed by atoms with Crippen LogP contribution in [0.15, 0.2) is 24.3 Å². The third kappa shape index (κ3) is 3.90. The van der Waals surface area contributed by atoms with E-state index >= 15 is 0 Å². The van der Waals surface area contributed by atoms with Crippen LogP contribution in [0, 0.1) is 5.41 Å². The molecular formula is C16H23NO5. The molecule has 1 atom stereocenters. The maximum atomic E-state index is 12.1. The Labute approximate surface area is 130 Å². The monoisotopic (exact) mass is 309 g/mol. The molecule has 0 aliphatic rings. The van der Waals surface area contributed by atoms with Gasteiger partial charge in [-0.25, -0.2) is 9.59 Å². The summed E-state index contributed by atoms with van der Waals surface area (Å²) in [6.07, 6.45) is -0.729. The van der Waals surface area contributed by atoms with Gasteiger partial charge in [0.05, 0.1) is 14.2 Å². The smallest absolute Gasteiger partial charge is 0.412 e. The number of benzene rings is 1. The zero-order valence-corrected chi connectivity index (χ0v) is 13.9. The van der Waals surface area contributed by atoms with E-state index in [4.69, 9.17) is 14.2 Å². The van der Waals surface area contributed by atoms with Crippen molar-refractivity contribution in [3.05, 3.63) is 24.3 Å². The first kappa shape index (κ1) is 17.8. The first-order chi connectivity index (χ1) is 10.1. The summed E-state index contributed by atoms with van der Waals surface area (Å²) in [5.74, 6) is 0.0675. The summed E-state index contributed by atoms with van der Waals surface area (Å²) < 4.78 is 15.2. The van der Waals surface area contributed by atoms with Gasteiger partial charge in [0.1, 0.15) is 5.75 Å². The van der Waals surface area contributed by atoms with Gasteiger partial charge in [-0.05, 0) is 31.2 Å². The minimum Gasteiger partial charge on any atom is -0.497 e. The van der Waals surface area contributed by atoms with Crippen molar-refractivity contribution < 1.29 is 23.8 Å². The molecule has 0 saturated carbocycles. The van der Waals surface area contributed by atoms with Crippen LogP contribution >= 0.6 is 0 Å². The predicted octanol–water partition coefficient (Wildman–Crippen LogP) is 3.22. The van der Waals surface area contributed by atoms with Gasteiger partial charge in [0, 0.05) is 11.1 Å². The Balaban J connectivity index is 2.85. The summed E-state index contributed by atoms with van der Waals surface area (Å²) in [7, 11) is 2.82. The molecule has 0 bridgehead atoms. The third-order valence-corrected chi connectivity index (χ3v) is 3.64. The van der Waals surface area contributed by atoms with Gasteiger partial charge in [-0.2, -0.15) is 0 Å². The van der Waals surface area contributed by atoms with Crippen LogP contribution in [0.5, 0.6) is 5.75 Å². The van der Waals surface area contributed by atoms with Crippen molar-refractivity contribution in [1.82, 2.24) is 0 Å². The Hall–Kier alpha value is -2.24. The summed E-state index contributed by atoms with van der Waals surface area (Å²) in [5, 5.41) is 2.58. The minimum atomic E-state index is -1.40. The molecule has 0 aromatic heterocycles. The number of anilines is 1. The molecule has 0 unspecified atom stereocenters. The highest BCUT2D eigenvalue weighted by Gasteiger charge is 2.49. The molecule has 6 heteroatoms. The van der Waals surface area contributed by atoms with Crippen LogP contribution in [0.4, 0.5) is 10.5 Å². The number of hydrogen-bond acceptors (Lipinski definition) is 5. The van der Waals surface area contributed by atoms with Crippen molar-refractivity contribution in [1.29, 1.82) is 0 Å². The minimum absolute atomic E-state index is 0.534. The molecule has 0 aliphatic heterocycles. The lowest BCUT2D eigenvalue weighted by Crippen LogP contribution is -2.52. The molecule has 1 aromatic rings. The fourth-order valence-corrected chi connectivity index (χ4v) is 1.70. The summed E-state index contributed by atoms with van der Waals surface area (Å²) in [4.78, 5) is 24.1. The molecule has 0 fully saturated rings. The topological polar surface area (TPSA) is 73.9 Å². The van der Waals surface area contributed by atoms with Crippen molar-refractivity contribution in [2.24, 2.45) is 5.41 Å². The molecule has 1 N–H and O–H groups in total. The van der Waals surface area contributed by atoms with Gasteiger partial charge >= 0.3 is 12.1 Å².